The van der Waals surface area contributed by atoms with Crippen molar-refractivity contribution < 1.29 is 30.6 Å². The average Bonchev–Trinajstić information content (AvgIpc) is 2.12. The molecule has 0 radical (unpaired) electrons. The van der Waals surface area contributed by atoms with Crippen LogP contribution in [0.3, 0.4) is 0 Å². The second-order valence-electron chi connectivity index (χ2n) is 2.96. The fourth-order valence-electron chi connectivity index (χ4n) is 0.823. The van der Waals surface area contributed by atoms with Crippen molar-refractivity contribution in [2.24, 2.45) is 0 Å². The van der Waals surface area contributed by atoms with E-state index in [0.717, 1.165) is 0 Å². The summed E-state index contributed by atoms with van der Waals surface area (Å²) in [6.07, 6.45) is -7.70. The van der Waals surface area contributed by atoms with Crippen LogP contribution in [0.2, 0.25) is 0 Å². The van der Waals surface area contributed by atoms with Gasteiger partial charge in [-0.1, -0.05) is 0 Å². The molecule has 0 aromatic heterocycles. The Labute approximate surface area is 75.7 Å². The topological polar surface area (TPSA) is 121 Å². The molecule has 0 aliphatic rings. The third-order valence-electron chi connectivity index (χ3n) is 1.78. The molecule has 0 aliphatic carbocycles. The minimum Gasteiger partial charge on any atom is -0.394 e. The van der Waals surface area contributed by atoms with Gasteiger partial charge in [0, 0.05) is 0 Å². The number of aliphatic hydroxyl groups is 6. The Morgan fingerprint density at radius 1 is 0.846 bits per heavy atom. The van der Waals surface area contributed by atoms with E-state index in [1.165, 1.54) is 6.92 Å². The van der Waals surface area contributed by atoms with Crippen LogP contribution in [0.1, 0.15) is 6.92 Å². The molecule has 0 saturated carbocycles. The largest absolute Gasteiger partial charge is 0.394 e. The highest BCUT2D eigenvalue weighted by Gasteiger charge is 2.32. The highest BCUT2D eigenvalue weighted by molar-refractivity contribution is 4.82. The van der Waals surface area contributed by atoms with Gasteiger partial charge in [-0.05, 0) is 6.92 Å². The summed E-state index contributed by atoms with van der Waals surface area (Å²) < 4.78 is 0. The smallest absolute Gasteiger partial charge is 0.111 e. The van der Waals surface area contributed by atoms with Crippen molar-refractivity contribution >= 4 is 0 Å². The lowest BCUT2D eigenvalue weighted by molar-refractivity contribution is -0.137. The molecule has 6 nitrogen and oxygen atoms in total. The lowest BCUT2D eigenvalue weighted by atomic mass is 10.0. The van der Waals surface area contributed by atoms with Gasteiger partial charge in [-0.3, -0.25) is 0 Å². The number of hydrogen-bond acceptors (Lipinski definition) is 6. The van der Waals surface area contributed by atoms with Gasteiger partial charge >= 0.3 is 0 Å². The number of hydrogen-bond donors (Lipinski definition) is 6. The van der Waals surface area contributed by atoms with Crippen molar-refractivity contribution in [1.82, 2.24) is 0 Å². The highest BCUT2D eigenvalue weighted by Crippen LogP contribution is 2.07. The Morgan fingerprint density at radius 2 is 1.31 bits per heavy atom. The molecule has 5 atom stereocenters. The summed E-state index contributed by atoms with van der Waals surface area (Å²) in [5, 5.41) is 53.4. The molecule has 0 rings (SSSR count). The maximum absolute atomic E-state index is 9.13. The van der Waals surface area contributed by atoms with Gasteiger partial charge in [-0.25, -0.2) is 0 Å². The summed E-state index contributed by atoms with van der Waals surface area (Å²) in [6.45, 7) is 0.497. The van der Waals surface area contributed by atoms with E-state index in [1.54, 1.807) is 0 Å². The molecule has 13 heavy (non-hydrogen) atoms. The van der Waals surface area contributed by atoms with Crippen molar-refractivity contribution in [2.45, 2.75) is 37.4 Å². The molecule has 6 heteroatoms. The van der Waals surface area contributed by atoms with Crippen LogP contribution in [-0.4, -0.2) is 67.8 Å². The molecule has 0 aliphatic heterocycles. The first-order valence-corrected chi connectivity index (χ1v) is 3.93. The van der Waals surface area contributed by atoms with Gasteiger partial charge in [0.2, 0.25) is 0 Å². The van der Waals surface area contributed by atoms with Gasteiger partial charge < -0.3 is 30.6 Å². The Morgan fingerprint density at radius 3 is 1.62 bits per heavy atom. The summed E-state index contributed by atoms with van der Waals surface area (Å²) in [4.78, 5) is 0. The first kappa shape index (κ1) is 12.8. The fourth-order valence-corrected chi connectivity index (χ4v) is 0.823. The number of aliphatic hydroxyl groups excluding tert-OH is 6. The first-order chi connectivity index (χ1) is 5.91. The molecule has 0 amide bonds. The summed E-state index contributed by atoms with van der Waals surface area (Å²) in [5.41, 5.74) is 0. The van der Waals surface area contributed by atoms with Gasteiger partial charge in [0.1, 0.15) is 24.4 Å². The molecule has 0 aromatic carbocycles. The Bertz CT molecular complexity index is 139. The van der Waals surface area contributed by atoms with Crippen LogP contribution in [0.15, 0.2) is 0 Å². The van der Waals surface area contributed by atoms with E-state index in [1.807, 2.05) is 0 Å². The molecule has 6 N–H and O–H groups in total. The Kier molecular flexibility index (Phi) is 5.38. The highest BCUT2D eigenvalue weighted by atomic mass is 16.4. The van der Waals surface area contributed by atoms with Crippen LogP contribution >= 0.6 is 0 Å². The fraction of sp³-hybridized carbons (Fsp3) is 1.00. The van der Waals surface area contributed by atoms with Crippen LogP contribution in [0.25, 0.3) is 0 Å². The number of rotatable bonds is 5. The second-order valence-corrected chi connectivity index (χ2v) is 2.96. The van der Waals surface area contributed by atoms with Gasteiger partial charge in [-0.15, -0.1) is 0 Å². The van der Waals surface area contributed by atoms with E-state index in [-0.39, 0.29) is 0 Å². The molecule has 80 valence electrons. The normalized spacial score (nSPS) is 23.3. The van der Waals surface area contributed by atoms with Crippen LogP contribution in [0, 0.1) is 0 Å². The second kappa shape index (κ2) is 5.48. The summed E-state index contributed by atoms with van der Waals surface area (Å²) >= 11 is 0. The SMILES string of the molecule is C[C@H](O)[C@H](O)[C@@H](O)[C@H](O)[C@@H](O)CO. The Balaban J connectivity index is 4.15. The van der Waals surface area contributed by atoms with Crippen molar-refractivity contribution in [3.05, 3.63) is 0 Å². The van der Waals surface area contributed by atoms with Crippen molar-refractivity contribution in [1.29, 1.82) is 0 Å². The predicted octanol–water partition coefficient (Wildman–Crippen LogP) is -3.20. The Hall–Kier alpha value is -0.240. The van der Waals surface area contributed by atoms with E-state index in [0.29, 0.717) is 0 Å². The standard InChI is InChI=1S/C7H16O6/c1-3(9)5(11)7(13)6(12)4(10)2-8/h3-13H,2H2,1H3/t3-,4-,5-,6+,7+/m0/s1. The molecule has 0 heterocycles. The summed E-state index contributed by atoms with van der Waals surface area (Å²) in [5.74, 6) is 0. The molecule has 0 unspecified atom stereocenters. The maximum atomic E-state index is 9.13. The zero-order valence-electron chi connectivity index (χ0n) is 7.28. The van der Waals surface area contributed by atoms with E-state index in [4.69, 9.17) is 30.6 Å². The molecule has 0 saturated heterocycles. The lowest BCUT2D eigenvalue weighted by Crippen LogP contribution is -2.49. The molecule has 0 aromatic rings. The van der Waals surface area contributed by atoms with Crippen LogP contribution in [0.4, 0.5) is 0 Å². The van der Waals surface area contributed by atoms with Gasteiger partial charge in [-0.2, -0.15) is 0 Å². The summed E-state index contributed by atoms with van der Waals surface area (Å²) in [7, 11) is 0. The lowest BCUT2D eigenvalue weighted by Gasteiger charge is -2.26. The van der Waals surface area contributed by atoms with E-state index < -0.39 is 37.1 Å². The van der Waals surface area contributed by atoms with Gasteiger partial charge in [0.05, 0.1) is 12.7 Å². The molecule has 0 fully saturated rings. The first-order valence-electron chi connectivity index (χ1n) is 3.93. The van der Waals surface area contributed by atoms with Crippen LogP contribution in [0.5, 0.6) is 0 Å². The van der Waals surface area contributed by atoms with Gasteiger partial charge in [0.25, 0.3) is 0 Å². The predicted molar refractivity (Wildman–Crippen MR) is 42.8 cm³/mol. The van der Waals surface area contributed by atoms with Crippen LogP contribution in [-0.2, 0) is 0 Å². The monoisotopic (exact) mass is 196 g/mol. The minimum atomic E-state index is -1.69. The molecular weight excluding hydrogens is 180 g/mol. The quantitative estimate of drug-likeness (QED) is 0.275. The third-order valence-corrected chi connectivity index (χ3v) is 1.78. The van der Waals surface area contributed by atoms with Crippen molar-refractivity contribution in [3.63, 3.8) is 0 Å². The van der Waals surface area contributed by atoms with E-state index >= 15 is 0 Å². The third kappa shape index (κ3) is 3.55. The molecule has 0 spiro atoms. The zero-order valence-corrected chi connectivity index (χ0v) is 7.28. The molecular formula is C7H16O6. The maximum Gasteiger partial charge on any atom is 0.111 e. The minimum absolute atomic E-state index is 0.731. The van der Waals surface area contributed by atoms with Crippen LogP contribution < -0.4 is 0 Å². The van der Waals surface area contributed by atoms with E-state index in [2.05, 4.69) is 0 Å². The van der Waals surface area contributed by atoms with Crippen molar-refractivity contribution in [2.75, 3.05) is 6.61 Å². The van der Waals surface area contributed by atoms with Gasteiger partial charge in [0.15, 0.2) is 0 Å². The average molecular weight is 196 g/mol. The van der Waals surface area contributed by atoms with E-state index in [9.17, 15) is 0 Å². The zero-order chi connectivity index (χ0) is 10.6. The summed E-state index contributed by atoms with van der Waals surface area (Å²) in [6, 6.07) is 0. The molecule has 0 bridgehead atoms. The van der Waals surface area contributed by atoms with Crippen molar-refractivity contribution in [3.8, 4) is 0 Å².